The Bertz CT molecular complexity index is 867. The Labute approximate surface area is 185 Å². The lowest BCUT2D eigenvalue weighted by Gasteiger charge is -2.37. The topological polar surface area (TPSA) is 47.1 Å². The fourth-order valence-electron chi connectivity index (χ4n) is 5.28. The lowest BCUT2D eigenvalue weighted by atomic mass is 9.82. The van der Waals surface area contributed by atoms with Gasteiger partial charge in [-0.3, -0.25) is 9.80 Å². The average Bonchev–Trinajstić information content (AvgIpc) is 3.31. The van der Waals surface area contributed by atoms with Crippen LogP contribution in [0.1, 0.15) is 47.9 Å². The predicted molar refractivity (Wildman–Crippen MR) is 120 cm³/mol. The minimum absolute atomic E-state index is 0.345. The van der Waals surface area contributed by atoms with Crippen molar-refractivity contribution >= 4 is 0 Å². The zero-order chi connectivity index (χ0) is 21.0. The number of aromatic nitrogens is 1. The summed E-state index contributed by atoms with van der Waals surface area (Å²) >= 11 is 0. The molecule has 166 valence electrons. The van der Waals surface area contributed by atoms with E-state index in [1.807, 2.05) is 12.3 Å². The van der Waals surface area contributed by atoms with Crippen molar-refractivity contribution in [1.82, 2.24) is 14.8 Å². The lowest BCUT2D eigenvalue weighted by molar-refractivity contribution is 0.0358. The van der Waals surface area contributed by atoms with Crippen LogP contribution in [-0.4, -0.2) is 74.4 Å². The summed E-state index contributed by atoms with van der Waals surface area (Å²) in [6, 6.07) is 11.4. The van der Waals surface area contributed by atoms with Crippen molar-refractivity contribution in [3.63, 3.8) is 0 Å². The molecule has 1 aromatic carbocycles. The molecule has 2 saturated heterocycles. The number of ether oxygens (including phenoxy) is 3. The highest BCUT2D eigenvalue weighted by Crippen LogP contribution is 2.45. The van der Waals surface area contributed by atoms with Gasteiger partial charge in [0.05, 0.1) is 26.9 Å². The first-order valence-electron chi connectivity index (χ1n) is 11.6. The van der Waals surface area contributed by atoms with E-state index in [0.29, 0.717) is 17.8 Å². The van der Waals surface area contributed by atoms with Gasteiger partial charge in [0, 0.05) is 50.4 Å². The first-order valence-corrected chi connectivity index (χ1v) is 11.6. The predicted octanol–water partition coefficient (Wildman–Crippen LogP) is 3.47. The van der Waals surface area contributed by atoms with E-state index in [2.05, 4.69) is 39.0 Å². The van der Waals surface area contributed by atoms with Crippen molar-refractivity contribution in [2.24, 2.45) is 0 Å². The molecule has 0 unspecified atom stereocenters. The van der Waals surface area contributed by atoms with Gasteiger partial charge in [-0.15, -0.1) is 0 Å². The smallest absolute Gasteiger partial charge is 0.212 e. The normalized spacial score (nSPS) is 23.9. The Morgan fingerprint density at radius 2 is 2.00 bits per heavy atom. The molecule has 4 heterocycles. The lowest BCUT2D eigenvalue weighted by Crippen LogP contribution is -2.37. The minimum Gasteiger partial charge on any atom is -0.494 e. The Hall–Kier alpha value is -2.15. The molecular formula is C25H33N3O3. The van der Waals surface area contributed by atoms with Gasteiger partial charge in [-0.25, -0.2) is 4.98 Å². The standard InChI is InChI=1S/C25H33N3O3/c1-29-25-8-5-19(17-26-25)23-18-28-10-2-4-24(28)22-16-20(6-7-21(22)23)31-13-3-9-27-11-14-30-15-12-27/h5-8,16-17,23-24H,2-4,9-15,18H2,1H3/t23-,24+/m1/s1. The van der Waals surface area contributed by atoms with E-state index < -0.39 is 0 Å². The number of rotatable bonds is 7. The molecule has 31 heavy (non-hydrogen) atoms. The Kier molecular flexibility index (Phi) is 6.39. The van der Waals surface area contributed by atoms with Gasteiger partial charge in [0.1, 0.15) is 5.75 Å². The molecule has 3 aliphatic rings. The van der Waals surface area contributed by atoms with Gasteiger partial charge in [-0.1, -0.05) is 12.1 Å². The van der Waals surface area contributed by atoms with Crippen LogP contribution in [0.3, 0.4) is 0 Å². The maximum Gasteiger partial charge on any atom is 0.212 e. The molecule has 0 amide bonds. The molecule has 2 aromatic rings. The van der Waals surface area contributed by atoms with Crippen LogP contribution in [0, 0.1) is 0 Å². The number of pyridine rings is 1. The quantitative estimate of drug-likeness (QED) is 0.636. The second kappa shape index (κ2) is 9.55. The molecule has 2 fully saturated rings. The molecule has 0 radical (unpaired) electrons. The number of morpholine rings is 1. The fraction of sp³-hybridized carbons (Fsp3) is 0.560. The highest BCUT2D eigenvalue weighted by atomic mass is 16.5. The fourth-order valence-corrected chi connectivity index (χ4v) is 5.28. The summed E-state index contributed by atoms with van der Waals surface area (Å²) in [5.74, 6) is 2.01. The van der Waals surface area contributed by atoms with Crippen molar-refractivity contribution in [3.05, 3.63) is 53.2 Å². The van der Waals surface area contributed by atoms with E-state index in [0.717, 1.165) is 58.2 Å². The summed E-state index contributed by atoms with van der Waals surface area (Å²) in [6.45, 7) is 7.87. The highest BCUT2D eigenvalue weighted by Gasteiger charge is 2.36. The van der Waals surface area contributed by atoms with Crippen LogP contribution in [-0.2, 0) is 4.74 Å². The number of hydrogen-bond donors (Lipinski definition) is 0. The third kappa shape index (κ3) is 4.56. The molecule has 3 aliphatic heterocycles. The van der Waals surface area contributed by atoms with Crippen molar-refractivity contribution in [2.75, 3.05) is 59.7 Å². The largest absolute Gasteiger partial charge is 0.494 e. The summed E-state index contributed by atoms with van der Waals surface area (Å²) in [7, 11) is 1.66. The van der Waals surface area contributed by atoms with Crippen LogP contribution in [0.2, 0.25) is 0 Å². The highest BCUT2D eigenvalue weighted by molar-refractivity contribution is 5.46. The maximum atomic E-state index is 6.18. The second-order valence-electron chi connectivity index (χ2n) is 8.79. The number of hydrogen-bond acceptors (Lipinski definition) is 6. The second-order valence-corrected chi connectivity index (χ2v) is 8.79. The third-order valence-corrected chi connectivity index (χ3v) is 6.94. The molecule has 1 aromatic heterocycles. The molecular weight excluding hydrogens is 390 g/mol. The van der Waals surface area contributed by atoms with Crippen LogP contribution in [0.5, 0.6) is 11.6 Å². The number of fused-ring (bicyclic) bond motifs is 3. The van der Waals surface area contributed by atoms with E-state index in [1.165, 1.54) is 36.1 Å². The van der Waals surface area contributed by atoms with E-state index in [-0.39, 0.29) is 0 Å². The van der Waals surface area contributed by atoms with Gasteiger partial charge in [-0.05, 0) is 54.6 Å². The zero-order valence-corrected chi connectivity index (χ0v) is 18.5. The average molecular weight is 424 g/mol. The van der Waals surface area contributed by atoms with Crippen LogP contribution in [0.4, 0.5) is 0 Å². The van der Waals surface area contributed by atoms with E-state index in [4.69, 9.17) is 14.2 Å². The molecule has 5 rings (SSSR count). The molecule has 0 aliphatic carbocycles. The van der Waals surface area contributed by atoms with Crippen LogP contribution >= 0.6 is 0 Å². The molecule has 6 heteroatoms. The van der Waals surface area contributed by atoms with E-state index in [9.17, 15) is 0 Å². The zero-order valence-electron chi connectivity index (χ0n) is 18.5. The molecule has 6 nitrogen and oxygen atoms in total. The Balaban J connectivity index is 1.29. The summed E-state index contributed by atoms with van der Waals surface area (Å²) in [6.07, 6.45) is 5.52. The molecule has 0 N–H and O–H groups in total. The van der Waals surface area contributed by atoms with E-state index >= 15 is 0 Å². The van der Waals surface area contributed by atoms with Crippen molar-refractivity contribution in [3.8, 4) is 11.6 Å². The van der Waals surface area contributed by atoms with Gasteiger partial charge in [0.15, 0.2) is 0 Å². The molecule has 0 bridgehead atoms. The Morgan fingerprint density at radius 1 is 1.10 bits per heavy atom. The van der Waals surface area contributed by atoms with Gasteiger partial charge >= 0.3 is 0 Å². The molecule has 0 spiro atoms. The van der Waals surface area contributed by atoms with Gasteiger partial charge in [0.2, 0.25) is 5.88 Å². The maximum absolute atomic E-state index is 6.18. The van der Waals surface area contributed by atoms with Crippen molar-refractivity contribution in [2.45, 2.75) is 31.2 Å². The minimum atomic E-state index is 0.345. The number of benzene rings is 1. The van der Waals surface area contributed by atoms with E-state index in [1.54, 1.807) is 7.11 Å². The summed E-state index contributed by atoms with van der Waals surface area (Å²) in [5.41, 5.74) is 4.12. The van der Waals surface area contributed by atoms with Crippen molar-refractivity contribution < 1.29 is 14.2 Å². The third-order valence-electron chi connectivity index (χ3n) is 6.94. The van der Waals surface area contributed by atoms with Gasteiger partial charge in [0.25, 0.3) is 0 Å². The number of nitrogens with zero attached hydrogens (tertiary/aromatic N) is 3. The van der Waals surface area contributed by atoms with Crippen molar-refractivity contribution in [1.29, 1.82) is 0 Å². The molecule has 2 atom stereocenters. The number of methoxy groups -OCH3 is 1. The van der Waals surface area contributed by atoms with Crippen LogP contribution < -0.4 is 9.47 Å². The first kappa shape index (κ1) is 20.7. The molecule has 0 saturated carbocycles. The summed E-state index contributed by atoms with van der Waals surface area (Å²) < 4.78 is 16.9. The summed E-state index contributed by atoms with van der Waals surface area (Å²) in [4.78, 5) is 9.56. The van der Waals surface area contributed by atoms with Crippen LogP contribution in [0.25, 0.3) is 0 Å². The Morgan fingerprint density at radius 3 is 2.81 bits per heavy atom. The van der Waals surface area contributed by atoms with Gasteiger partial charge < -0.3 is 14.2 Å². The first-order chi connectivity index (χ1) is 15.3. The van der Waals surface area contributed by atoms with Crippen LogP contribution in [0.15, 0.2) is 36.5 Å². The van der Waals surface area contributed by atoms with Gasteiger partial charge in [-0.2, -0.15) is 0 Å². The summed E-state index contributed by atoms with van der Waals surface area (Å²) in [5, 5.41) is 0. The monoisotopic (exact) mass is 423 g/mol. The SMILES string of the molecule is COc1ccc([C@H]2CN3CCC[C@H]3c3cc(OCCCN4CCOCC4)ccc32)cn1.